The van der Waals surface area contributed by atoms with Crippen LogP contribution in [0.2, 0.25) is 0 Å². The summed E-state index contributed by atoms with van der Waals surface area (Å²) < 4.78 is 17.0. The van der Waals surface area contributed by atoms with Crippen LogP contribution in [0, 0.1) is 0 Å². The van der Waals surface area contributed by atoms with E-state index in [4.69, 9.17) is 19.0 Å². The Morgan fingerprint density at radius 3 is 2.90 bits per heavy atom. The van der Waals surface area contributed by atoms with Crippen LogP contribution in [0.1, 0.15) is 39.9 Å². The summed E-state index contributed by atoms with van der Waals surface area (Å²) in [5.41, 5.74) is 4.03. The minimum atomic E-state index is -0.340. The molecule has 30 heavy (non-hydrogen) atoms. The summed E-state index contributed by atoms with van der Waals surface area (Å²) in [4.78, 5) is 17.2. The van der Waals surface area contributed by atoms with Crippen LogP contribution in [0.4, 0.5) is 0 Å². The molecule has 3 aliphatic heterocycles. The van der Waals surface area contributed by atoms with E-state index in [1.807, 2.05) is 13.0 Å². The molecule has 3 heterocycles. The van der Waals surface area contributed by atoms with Gasteiger partial charge >= 0.3 is 0 Å². The zero-order chi connectivity index (χ0) is 21.0. The van der Waals surface area contributed by atoms with Gasteiger partial charge in [0, 0.05) is 29.2 Å². The molecule has 7 nitrogen and oxygen atoms in total. The number of aromatic hydroxyl groups is 1. The minimum Gasteiger partial charge on any atom is -0.507 e. The Balaban J connectivity index is 1.58. The number of hydrogen-bond acceptors (Lipinski definition) is 7. The first-order valence-corrected chi connectivity index (χ1v) is 9.72. The van der Waals surface area contributed by atoms with Crippen molar-refractivity contribution in [2.24, 2.45) is 5.16 Å². The summed E-state index contributed by atoms with van der Waals surface area (Å²) in [6, 6.07) is 7.08. The molecule has 0 saturated carbocycles. The van der Waals surface area contributed by atoms with Crippen LogP contribution in [0.25, 0.3) is 0 Å². The van der Waals surface area contributed by atoms with Crippen molar-refractivity contribution in [2.75, 3.05) is 13.7 Å². The molecule has 7 heteroatoms. The highest BCUT2D eigenvalue weighted by Gasteiger charge is 2.43. The van der Waals surface area contributed by atoms with Crippen molar-refractivity contribution in [3.63, 3.8) is 0 Å². The van der Waals surface area contributed by atoms with Crippen molar-refractivity contribution < 1.29 is 28.9 Å². The van der Waals surface area contributed by atoms with Gasteiger partial charge in [-0.05, 0) is 30.7 Å². The van der Waals surface area contributed by atoms with E-state index in [-0.39, 0.29) is 23.9 Å². The van der Waals surface area contributed by atoms with Crippen molar-refractivity contribution in [1.29, 1.82) is 0 Å². The third-order valence-electron chi connectivity index (χ3n) is 5.90. The van der Waals surface area contributed by atoms with Crippen LogP contribution in [0.3, 0.4) is 0 Å². The third-order valence-corrected chi connectivity index (χ3v) is 5.90. The average Bonchev–Trinajstić information content (AvgIpc) is 3.38. The zero-order valence-electron chi connectivity index (χ0n) is 16.7. The van der Waals surface area contributed by atoms with Crippen molar-refractivity contribution in [3.8, 4) is 23.0 Å². The number of benzene rings is 2. The van der Waals surface area contributed by atoms with Crippen molar-refractivity contribution in [2.45, 2.75) is 31.5 Å². The molecule has 2 aromatic rings. The number of ether oxygens (including phenoxy) is 3. The van der Waals surface area contributed by atoms with Crippen molar-refractivity contribution in [3.05, 3.63) is 58.7 Å². The molecule has 0 radical (unpaired) electrons. The second kappa shape index (κ2) is 6.79. The van der Waals surface area contributed by atoms with E-state index >= 15 is 0 Å². The lowest BCUT2D eigenvalue weighted by Crippen LogP contribution is -2.32. The maximum atomic E-state index is 11.5. The van der Waals surface area contributed by atoms with Gasteiger partial charge in [-0.2, -0.15) is 0 Å². The van der Waals surface area contributed by atoms with Gasteiger partial charge in [0.25, 0.3) is 0 Å². The van der Waals surface area contributed by atoms with Gasteiger partial charge in [0.1, 0.15) is 41.4 Å². The second-order valence-corrected chi connectivity index (χ2v) is 7.75. The SMILES string of the molecule is C=C(C)[C@H]1Cc2c(ccc(C3=NOC4COc5cc(OC)c(C=O)cc5C34)c2O)O1. The molecule has 0 fully saturated rings. The van der Waals surface area contributed by atoms with Crippen LogP contribution in [0.15, 0.2) is 41.6 Å². The Bertz CT molecular complexity index is 1110. The Kier molecular flexibility index (Phi) is 4.20. The van der Waals surface area contributed by atoms with E-state index in [0.29, 0.717) is 47.1 Å². The molecule has 3 atom stereocenters. The number of hydrogen-bond donors (Lipinski definition) is 1. The van der Waals surface area contributed by atoms with Gasteiger partial charge in [-0.1, -0.05) is 11.7 Å². The molecule has 0 saturated heterocycles. The smallest absolute Gasteiger partial charge is 0.173 e. The number of rotatable bonds is 4. The Morgan fingerprint density at radius 1 is 1.33 bits per heavy atom. The number of carbonyl (C=O) groups excluding carboxylic acids is 1. The summed E-state index contributed by atoms with van der Waals surface area (Å²) in [6.07, 6.45) is 0.811. The van der Waals surface area contributed by atoms with Crippen LogP contribution in [-0.4, -0.2) is 43.0 Å². The maximum absolute atomic E-state index is 11.5. The zero-order valence-corrected chi connectivity index (χ0v) is 16.7. The predicted octanol–water partition coefficient (Wildman–Crippen LogP) is 3.37. The number of phenols is 1. The fourth-order valence-corrected chi connectivity index (χ4v) is 4.30. The predicted molar refractivity (Wildman–Crippen MR) is 109 cm³/mol. The summed E-state index contributed by atoms with van der Waals surface area (Å²) in [5, 5.41) is 15.3. The van der Waals surface area contributed by atoms with E-state index in [1.54, 1.807) is 18.2 Å². The van der Waals surface area contributed by atoms with Gasteiger partial charge in [0.15, 0.2) is 12.4 Å². The molecule has 3 aliphatic rings. The number of oxime groups is 1. The molecule has 0 bridgehead atoms. The van der Waals surface area contributed by atoms with Gasteiger partial charge in [0.05, 0.1) is 18.6 Å². The average molecular weight is 407 g/mol. The fourth-order valence-electron chi connectivity index (χ4n) is 4.30. The molecular weight excluding hydrogens is 386 g/mol. The first kappa shape index (κ1) is 18.5. The lowest BCUT2D eigenvalue weighted by atomic mass is 9.83. The quantitative estimate of drug-likeness (QED) is 0.618. The summed E-state index contributed by atoms with van der Waals surface area (Å²) in [6.45, 7) is 6.17. The van der Waals surface area contributed by atoms with Gasteiger partial charge in [-0.15, -0.1) is 0 Å². The van der Waals surface area contributed by atoms with Crippen LogP contribution >= 0.6 is 0 Å². The van der Waals surface area contributed by atoms with Gasteiger partial charge in [-0.3, -0.25) is 4.79 Å². The molecule has 0 aromatic heterocycles. The Labute approximate surface area is 173 Å². The number of phenolic OH excluding ortho intramolecular Hbond substituents is 1. The Hall–Kier alpha value is -3.48. The molecule has 2 unspecified atom stereocenters. The number of carbonyl (C=O) groups is 1. The van der Waals surface area contributed by atoms with Gasteiger partial charge < -0.3 is 24.2 Å². The highest BCUT2D eigenvalue weighted by atomic mass is 16.7. The molecule has 0 amide bonds. The minimum absolute atomic E-state index is 0.136. The van der Waals surface area contributed by atoms with Crippen molar-refractivity contribution >= 4 is 12.0 Å². The number of methoxy groups -OCH3 is 1. The van der Waals surface area contributed by atoms with Gasteiger partial charge in [-0.25, -0.2) is 0 Å². The van der Waals surface area contributed by atoms with E-state index < -0.39 is 0 Å². The van der Waals surface area contributed by atoms with Crippen LogP contribution in [-0.2, 0) is 11.3 Å². The van der Waals surface area contributed by atoms with Crippen LogP contribution < -0.4 is 14.2 Å². The highest BCUT2D eigenvalue weighted by molar-refractivity contribution is 6.09. The number of aldehydes is 1. The first-order chi connectivity index (χ1) is 14.5. The first-order valence-electron chi connectivity index (χ1n) is 9.72. The molecule has 1 N–H and O–H groups in total. The summed E-state index contributed by atoms with van der Waals surface area (Å²) in [7, 11) is 1.51. The fraction of sp³-hybridized carbons (Fsp3) is 0.304. The molecular formula is C23H21NO6. The molecule has 2 aromatic carbocycles. The van der Waals surface area contributed by atoms with E-state index in [1.165, 1.54) is 7.11 Å². The lowest BCUT2D eigenvalue weighted by molar-refractivity contribution is 0.0286. The standard InChI is InChI=1S/C23H21NO6/c1-11(2)17-7-15-16(29-17)5-4-13(23(15)26)22-21-14-6-12(9-25)18(27-3)8-19(14)28-10-20(21)30-24-22/h4-6,8-9,17,20-21,26H,1,7,10H2,2-3H3/t17-,20?,21?/m1/s1. The summed E-state index contributed by atoms with van der Waals surface area (Å²) >= 11 is 0. The number of fused-ring (bicyclic) bond motifs is 4. The second-order valence-electron chi connectivity index (χ2n) is 7.75. The van der Waals surface area contributed by atoms with Crippen molar-refractivity contribution in [1.82, 2.24) is 0 Å². The van der Waals surface area contributed by atoms with E-state index in [0.717, 1.165) is 23.0 Å². The number of nitrogens with zero attached hydrogens (tertiary/aromatic N) is 1. The molecule has 0 spiro atoms. The lowest BCUT2D eigenvalue weighted by Gasteiger charge is -2.28. The third kappa shape index (κ3) is 2.65. The van der Waals surface area contributed by atoms with Gasteiger partial charge in [0.2, 0.25) is 0 Å². The monoisotopic (exact) mass is 407 g/mol. The largest absolute Gasteiger partial charge is 0.507 e. The molecule has 154 valence electrons. The molecule has 5 rings (SSSR count). The van der Waals surface area contributed by atoms with E-state index in [9.17, 15) is 9.90 Å². The Morgan fingerprint density at radius 2 is 2.17 bits per heavy atom. The van der Waals surface area contributed by atoms with E-state index in [2.05, 4.69) is 11.7 Å². The topological polar surface area (TPSA) is 86.6 Å². The highest BCUT2D eigenvalue weighted by Crippen LogP contribution is 2.46. The van der Waals surface area contributed by atoms with Crippen LogP contribution in [0.5, 0.6) is 23.0 Å². The summed E-state index contributed by atoms with van der Waals surface area (Å²) in [5.74, 6) is 1.57. The molecule has 0 aliphatic carbocycles. The maximum Gasteiger partial charge on any atom is 0.173 e. The normalized spacial score (nSPS) is 23.1.